The second-order valence-corrected chi connectivity index (χ2v) is 7.40. The molecule has 0 saturated carbocycles. The molecular formula is C20H12F3N3O3S. The van der Waals surface area contributed by atoms with Gasteiger partial charge in [-0.25, -0.2) is 4.98 Å². The number of aromatic nitrogens is 3. The van der Waals surface area contributed by atoms with E-state index in [0.717, 1.165) is 28.4 Å². The summed E-state index contributed by atoms with van der Waals surface area (Å²) in [5, 5.41) is 6.54. The standard InChI is InChI=1S/C20H12F3N3O3S/c21-20(22,23)13-4-1-11(2-5-13)19-25-17(29-26-19)8-18-24-14(9-30-18)12-3-6-15-16(7-12)28-10-27-15/h1-7,9H,8,10H2. The first-order valence-electron chi connectivity index (χ1n) is 8.80. The molecular weight excluding hydrogens is 419 g/mol. The average molecular weight is 431 g/mol. The molecule has 0 unspecified atom stereocenters. The molecule has 2 aromatic carbocycles. The lowest BCUT2D eigenvalue weighted by Crippen LogP contribution is -2.04. The molecule has 30 heavy (non-hydrogen) atoms. The summed E-state index contributed by atoms with van der Waals surface area (Å²) in [4.78, 5) is 8.86. The highest BCUT2D eigenvalue weighted by atomic mass is 32.1. The Morgan fingerprint density at radius 1 is 0.933 bits per heavy atom. The molecule has 0 atom stereocenters. The van der Waals surface area contributed by atoms with E-state index in [1.165, 1.54) is 23.5 Å². The maximum atomic E-state index is 12.7. The molecule has 2 aromatic heterocycles. The Balaban J connectivity index is 1.31. The van der Waals surface area contributed by atoms with Gasteiger partial charge in [-0.05, 0) is 30.3 Å². The van der Waals surface area contributed by atoms with Crippen molar-refractivity contribution in [2.45, 2.75) is 12.6 Å². The largest absolute Gasteiger partial charge is 0.454 e. The van der Waals surface area contributed by atoms with Crippen molar-refractivity contribution in [2.24, 2.45) is 0 Å². The highest BCUT2D eigenvalue weighted by molar-refractivity contribution is 7.10. The molecule has 0 bridgehead atoms. The van der Waals surface area contributed by atoms with Gasteiger partial charge in [0.1, 0.15) is 5.01 Å². The molecule has 6 nitrogen and oxygen atoms in total. The summed E-state index contributed by atoms with van der Waals surface area (Å²) in [6, 6.07) is 10.2. The van der Waals surface area contributed by atoms with E-state index in [0.29, 0.717) is 29.4 Å². The molecule has 0 amide bonds. The van der Waals surface area contributed by atoms with Crippen LogP contribution in [0, 0.1) is 0 Å². The third-order valence-electron chi connectivity index (χ3n) is 4.46. The zero-order chi connectivity index (χ0) is 20.7. The molecule has 1 aliphatic heterocycles. The van der Waals surface area contributed by atoms with Crippen molar-refractivity contribution < 1.29 is 27.2 Å². The van der Waals surface area contributed by atoms with E-state index in [9.17, 15) is 13.2 Å². The van der Waals surface area contributed by atoms with Crippen molar-refractivity contribution in [2.75, 3.05) is 6.79 Å². The first-order valence-corrected chi connectivity index (χ1v) is 9.68. The van der Waals surface area contributed by atoms with Crippen LogP contribution < -0.4 is 9.47 Å². The van der Waals surface area contributed by atoms with Gasteiger partial charge in [-0.1, -0.05) is 17.3 Å². The molecule has 0 radical (unpaired) electrons. The monoisotopic (exact) mass is 431 g/mol. The predicted molar refractivity (Wildman–Crippen MR) is 101 cm³/mol. The van der Waals surface area contributed by atoms with Gasteiger partial charge >= 0.3 is 6.18 Å². The van der Waals surface area contributed by atoms with Crippen LogP contribution in [0.5, 0.6) is 11.5 Å². The van der Waals surface area contributed by atoms with Gasteiger partial charge in [-0.15, -0.1) is 11.3 Å². The summed E-state index contributed by atoms with van der Waals surface area (Å²) in [7, 11) is 0. The maximum Gasteiger partial charge on any atom is 0.416 e. The number of rotatable bonds is 4. The SMILES string of the molecule is FC(F)(F)c1ccc(-c2noc(Cc3nc(-c4ccc5c(c4)OCO5)cs3)n2)cc1. The lowest BCUT2D eigenvalue weighted by atomic mass is 10.1. The number of hydrogen-bond donors (Lipinski definition) is 0. The zero-order valence-corrected chi connectivity index (χ0v) is 16.0. The van der Waals surface area contributed by atoms with Crippen LogP contribution in [0.2, 0.25) is 0 Å². The Morgan fingerprint density at radius 2 is 1.70 bits per heavy atom. The van der Waals surface area contributed by atoms with E-state index < -0.39 is 11.7 Å². The van der Waals surface area contributed by atoms with Crippen molar-refractivity contribution >= 4 is 11.3 Å². The van der Waals surface area contributed by atoms with E-state index >= 15 is 0 Å². The van der Waals surface area contributed by atoms with E-state index in [-0.39, 0.29) is 12.6 Å². The van der Waals surface area contributed by atoms with Crippen molar-refractivity contribution in [3.05, 3.63) is 64.3 Å². The van der Waals surface area contributed by atoms with Crippen LogP contribution in [0.25, 0.3) is 22.6 Å². The molecule has 0 aliphatic carbocycles. The minimum absolute atomic E-state index is 0.208. The fraction of sp³-hybridized carbons (Fsp3) is 0.150. The van der Waals surface area contributed by atoms with Gasteiger partial charge in [-0.2, -0.15) is 18.2 Å². The molecule has 10 heteroatoms. The summed E-state index contributed by atoms with van der Waals surface area (Å²) in [6.07, 6.45) is -4.07. The Morgan fingerprint density at radius 3 is 2.50 bits per heavy atom. The fourth-order valence-corrected chi connectivity index (χ4v) is 3.76. The lowest BCUT2D eigenvalue weighted by molar-refractivity contribution is -0.137. The smallest absolute Gasteiger partial charge is 0.416 e. The van der Waals surface area contributed by atoms with Gasteiger partial charge in [0.25, 0.3) is 0 Å². The third kappa shape index (κ3) is 3.61. The normalized spacial score (nSPS) is 13.0. The van der Waals surface area contributed by atoms with Crippen LogP contribution in [0.15, 0.2) is 52.4 Å². The van der Waals surface area contributed by atoms with Gasteiger partial charge in [0.05, 0.1) is 17.7 Å². The van der Waals surface area contributed by atoms with E-state index in [1.807, 2.05) is 23.6 Å². The van der Waals surface area contributed by atoms with E-state index in [4.69, 9.17) is 14.0 Å². The number of halogens is 3. The minimum Gasteiger partial charge on any atom is -0.454 e. The second-order valence-electron chi connectivity index (χ2n) is 6.46. The van der Waals surface area contributed by atoms with Gasteiger partial charge in [0.2, 0.25) is 18.5 Å². The van der Waals surface area contributed by atoms with Crippen LogP contribution in [0.4, 0.5) is 13.2 Å². The van der Waals surface area contributed by atoms with E-state index in [2.05, 4.69) is 15.1 Å². The lowest BCUT2D eigenvalue weighted by Gasteiger charge is -2.05. The second kappa shape index (κ2) is 7.13. The van der Waals surface area contributed by atoms with Gasteiger partial charge < -0.3 is 14.0 Å². The molecule has 0 saturated heterocycles. The predicted octanol–water partition coefficient (Wildman–Crippen LogP) is 5.20. The van der Waals surface area contributed by atoms with E-state index in [1.54, 1.807) is 0 Å². The Labute approximate surface area is 171 Å². The number of hydrogen-bond acceptors (Lipinski definition) is 7. The summed E-state index contributed by atoms with van der Waals surface area (Å²) >= 11 is 1.45. The number of ether oxygens (including phenoxy) is 2. The minimum atomic E-state index is -4.39. The summed E-state index contributed by atoms with van der Waals surface area (Å²) in [5.74, 6) is 1.94. The third-order valence-corrected chi connectivity index (χ3v) is 5.31. The van der Waals surface area contributed by atoms with Crippen LogP contribution >= 0.6 is 11.3 Å². The molecule has 1 aliphatic rings. The van der Waals surface area contributed by atoms with Crippen LogP contribution in [-0.4, -0.2) is 21.9 Å². The Kier molecular flexibility index (Phi) is 4.43. The van der Waals surface area contributed by atoms with Gasteiger partial charge in [0.15, 0.2) is 11.5 Å². The first kappa shape index (κ1) is 18.6. The molecule has 0 fully saturated rings. The van der Waals surface area contributed by atoms with Crippen molar-refractivity contribution in [1.29, 1.82) is 0 Å². The van der Waals surface area contributed by atoms with Crippen LogP contribution in [0.3, 0.4) is 0 Å². The summed E-state index contributed by atoms with van der Waals surface area (Å²) < 4.78 is 54.0. The zero-order valence-electron chi connectivity index (χ0n) is 15.1. The number of fused-ring (bicyclic) bond motifs is 1. The Hall–Kier alpha value is -3.40. The molecule has 4 aromatic rings. The summed E-state index contributed by atoms with van der Waals surface area (Å²) in [5.41, 5.74) is 1.40. The molecule has 152 valence electrons. The maximum absolute atomic E-state index is 12.7. The average Bonchev–Trinajstić information content (AvgIpc) is 3.48. The highest BCUT2D eigenvalue weighted by Gasteiger charge is 2.30. The van der Waals surface area contributed by atoms with Crippen LogP contribution in [-0.2, 0) is 12.6 Å². The molecule has 5 rings (SSSR count). The topological polar surface area (TPSA) is 70.3 Å². The number of benzene rings is 2. The number of nitrogens with zero attached hydrogens (tertiary/aromatic N) is 3. The molecule has 0 N–H and O–H groups in total. The summed E-state index contributed by atoms with van der Waals surface area (Å²) in [6.45, 7) is 0.208. The Bertz CT molecular complexity index is 1200. The van der Waals surface area contributed by atoms with Gasteiger partial charge in [-0.3, -0.25) is 0 Å². The van der Waals surface area contributed by atoms with Crippen molar-refractivity contribution in [3.63, 3.8) is 0 Å². The number of alkyl halides is 3. The fourth-order valence-electron chi connectivity index (χ4n) is 2.96. The van der Waals surface area contributed by atoms with Crippen molar-refractivity contribution in [1.82, 2.24) is 15.1 Å². The number of thiazole rings is 1. The molecule has 0 spiro atoms. The highest BCUT2D eigenvalue weighted by Crippen LogP contribution is 2.36. The first-order chi connectivity index (χ1) is 14.5. The molecule has 3 heterocycles. The van der Waals surface area contributed by atoms with Gasteiger partial charge in [0, 0.05) is 16.5 Å². The quantitative estimate of drug-likeness (QED) is 0.443. The van der Waals surface area contributed by atoms with Crippen molar-refractivity contribution in [3.8, 4) is 34.1 Å². The van der Waals surface area contributed by atoms with Crippen LogP contribution in [0.1, 0.15) is 16.5 Å².